The molecule has 2 aromatic rings. The first-order valence-corrected chi connectivity index (χ1v) is 9.93. The summed E-state index contributed by atoms with van der Waals surface area (Å²) < 4.78 is 20.3. The molecule has 168 valence electrons. The summed E-state index contributed by atoms with van der Waals surface area (Å²) in [6.45, 7) is 6.83. The number of aromatic nitrogens is 1. The van der Waals surface area contributed by atoms with Crippen LogP contribution in [-0.2, 0) is 4.79 Å². The summed E-state index contributed by atoms with van der Waals surface area (Å²) >= 11 is 0. The van der Waals surface area contributed by atoms with E-state index < -0.39 is 17.3 Å². The monoisotopic (exact) mass is 440 g/mol. The van der Waals surface area contributed by atoms with Gasteiger partial charge in [0.25, 0.3) is 11.8 Å². The molecular formula is C22H25FN6O3. The third kappa shape index (κ3) is 4.16. The molecule has 9 nitrogen and oxygen atoms in total. The Balaban J connectivity index is 1.88. The lowest BCUT2D eigenvalue weighted by Gasteiger charge is -2.37. The third-order valence-electron chi connectivity index (χ3n) is 5.03. The van der Waals surface area contributed by atoms with Gasteiger partial charge in [-0.05, 0) is 45.9 Å². The highest BCUT2D eigenvalue weighted by Gasteiger charge is 2.40. The molecule has 0 saturated carbocycles. The average Bonchev–Trinajstić information content (AvgIpc) is 2.72. The third-order valence-corrected chi connectivity index (χ3v) is 5.03. The van der Waals surface area contributed by atoms with Gasteiger partial charge in [-0.25, -0.2) is 9.37 Å². The molecular weight excluding hydrogens is 415 g/mol. The highest BCUT2D eigenvalue weighted by molar-refractivity contribution is 6.08. The van der Waals surface area contributed by atoms with Crippen molar-refractivity contribution in [3.05, 3.63) is 47.4 Å². The highest BCUT2D eigenvalue weighted by Crippen LogP contribution is 2.38. The normalized spacial score (nSPS) is 14.5. The van der Waals surface area contributed by atoms with Crippen LogP contribution in [-0.4, -0.2) is 52.6 Å². The van der Waals surface area contributed by atoms with Gasteiger partial charge in [-0.1, -0.05) is 6.07 Å². The predicted octanol–water partition coefficient (Wildman–Crippen LogP) is 3.25. The number of benzene rings is 1. The van der Waals surface area contributed by atoms with Crippen molar-refractivity contribution < 1.29 is 18.7 Å². The molecule has 0 fully saturated rings. The van der Waals surface area contributed by atoms with Gasteiger partial charge in [0.15, 0.2) is 11.4 Å². The maximum Gasteiger partial charge on any atom is 0.270 e. The first kappa shape index (κ1) is 22.9. The molecule has 0 spiro atoms. The standard InChI is InChI=1S/C22H25FN6O3/c1-12(2)29(11-24)19(25)15-7-6-8-18(26-15)27-20(30)13-9-16-17(10-14(13)23)32-22(3,4)21(31)28(16)5/h6-12,24-25H,1-5H3,(H,26,27,30). The Kier molecular flexibility index (Phi) is 5.98. The number of amidine groups is 1. The highest BCUT2D eigenvalue weighted by atomic mass is 19.1. The van der Waals surface area contributed by atoms with Crippen molar-refractivity contribution in [1.82, 2.24) is 9.88 Å². The van der Waals surface area contributed by atoms with E-state index in [0.717, 1.165) is 12.4 Å². The predicted molar refractivity (Wildman–Crippen MR) is 119 cm³/mol. The smallest absolute Gasteiger partial charge is 0.270 e. The van der Waals surface area contributed by atoms with Crippen LogP contribution in [0.3, 0.4) is 0 Å². The SMILES string of the molecule is CC(C)N(C=N)C(=N)c1cccc(NC(=O)c2cc3c(cc2F)OC(C)(C)C(=O)N3C)n1. The van der Waals surface area contributed by atoms with Crippen LogP contribution >= 0.6 is 0 Å². The van der Waals surface area contributed by atoms with Crippen LogP contribution in [0.15, 0.2) is 30.3 Å². The molecule has 0 atom stereocenters. The number of anilines is 2. The second-order valence-corrected chi connectivity index (χ2v) is 8.12. The lowest BCUT2D eigenvalue weighted by Crippen LogP contribution is -2.51. The maximum absolute atomic E-state index is 14.7. The summed E-state index contributed by atoms with van der Waals surface area (Å²) in [6.07, 6.45) is 1.03. The molecule has 0 saturated heterocycles. The fraction of sp³-hybridized carbons (Fsp3) is 0.318. The average molecular weight is 440 g/mol. The Morgan fingerprint density at radius 3 is 2.66 bits per heavy atom. The minimum atomic E-state index is -1.15. The second-order valence-electron chi connectivity index (χ2n) is 8.12. The number of nitrogens with one attached hydrogen (secondary N) is 3. The number of rotatable bonds is 5. The fourth-order valence-electron chi connectivity index (χ4n) is 3.32. The number of carbonyl (C=O) groups is 2. The first-order valence-electron chi connectivity index (χ1n) is 9.93. The van der Waals surface area contributed by atoms with E-state index in [-0.39, 0.29) is 46.3 Å². The number of carbonyl (C=O) groups excluding carboxylic acids is 2. The zero-order chi connectivity index (χ0) is 23.8. The number of nitrogens with zero attached hydrogens (tertiary/aromatic N) is 3. The van der Waals surface area contributed by atoms with Gasteiger partial charge in [0.2, 0.25) is 0 Å². The Morgan fingerprint density at radius 2 is 2.03 bits per heavy atom. The first-order chi connectivity index (χ1) is 15.0. The van der Waals surface area contributed by atoms with Crippen LogP contribution in [0.1, 0.15) is 43.7 Å². The fourth-order valence-corrected chi connectivity index (χ4v) is 3.32. The van der Waals surface area contributed by atoms with E-state index in [0.29, 0.717) is 0 Å². The van der Waals surface area contributed by atoms with Crippen molar-refractivity contribution in [1.29, 1.82) is 10.8 Å². The largest absolute Gasteiger partial charge is 0.476 e. The summed E-state index contributed by atoms with van der Waals surface area (Å²) in [5.41, 5.74) is -0.903. The summed E-state index contributed by atoms with van der Waals surface area (Å²) in [5, 5.41) is 18.3. The van der Waals surface area contributed by atoms with Crippen LogP contribution in [0, 0.1) is 16.6 Å². The number of halogens is 1. The molecule has 2 heterocycles. The quantitative estimate of drug-likeness (QED) is 0.487. The van der Waals surface area contributed by atoms with E-state index >= 15 is 0 Å². The number of pyridine rings is 1. The second kappa shape index (κ2) is 8.37. The van der Waals surface area contributed by atoms with Gasteiger partial charge in [-0.3, -0.25) is 20.4 Å². The minimum absolute atomic E-state index is 0.00837. The zero-order valence-corrected chi connectivity index (χ0v) is 18.5. The van der Waals surface area contributed by atoms with Crippen LogP contribution in [0.25, 0.3) is 0 Å². The van der Waals surface area contributed by atoms with Crippen molar-refractivity contribution in [2.24, 2.45) is 0 Å². The Bertz CT molecular complexity index is 1110. The number of hydrogen-bond acceptors (Lipinski definition) is 6. The van der Waals surface area contributed by atoms with Gasteiger partial charge in [-0.2, -0.15) is 0 Å². The van der Waals surface area contributed by atoms with Gasteiger partial charge >= 0.3 is 0 Å². The van der Waals surface area contributed by atoms with Crippen LogP contribution < -0.4 is 15.0 Å². The van der Waals surface area contributed by atoms with Crippen molar-refractivity contribution in [3.8, 4) is 5.75 Å². The van der Waals surface area contributed by atoms with E-state index in [1.54, 1.807) is 26.0 Å². The molecule has 0 bridgehead atoms. The Labute approximate surface area is 185 Å². The number of amides is 2. The lowest BCUT2D eigenvalue weighted by atomic mass is 10.0. The maximum atomic E-state index is 14.7. The Hall–Kier alpha value is -3.82. The molecule has 1 aliphatic heterocycles. The van der Waals surface area contributed by atoms with Gasteiger partial charge in [0.1, 0.15) is 23.1 Å². The zero-order valence-electron chi connectivity index (χ0n) is 18.5. The topological polar surface area (TPSA) is 122 Å². The van der Waals surface area contributed by atoms with Crippen molar-refractivity contribution in [2.45, 2.75) is 39.3 Å². The molecule has 2 amide bonds. The summed E-state index contributed by atoms with van der Waals surface area (Å²) in [7, 11) is 1.53. The Morgan fingerprint density at radius 1 is 1.34 bits per heavy atom. The van der Waals surface area contributed by atoms with E-state index in [4.69, 9.17) is 15.6 Å². The minimum Gasteiger partial charge on any atom is -0.476 e. The molecule has 0 aliphatic carbocycles. The molecule has 1 aliphatic rings. The molecule has 3 rings (SSSR count). The van der Waals surface area contributed by atoms with Crippen LogP contribution in [0.5, 0.6) is 5.75 Å². The molecule has 1 aromatic carbocycles. The summed E-state index contributed by atoms with van der Waals surface area (Å²) in [4.78, 5) is 32.2. The van der Waals surface area contributed by atoms with Crippen molar-refractivity contribution in [3.63, 3.8) is 0 Å². The van der Waals surface area contributed by atoms with Gasteiger partial charge in [0.05, 0.1) is 17.6 Å². The van der Waals surface area contributed by atoms with E-state index in [2.05, 4.69) is 10.3 Å². The van der Waals surface area contributed by atoms with Gasteiger partial charge in [0, 0.05) is 19.2 Å². The number of ether oxygens (including phenoxy) is 1. The molecule has 1 aromatic heterocycles. The van der Waals surface area contributed by atoms with E-state index in [9.17, 15) is 14.0 Å². The number of fused-ring (bicyclic) bond motifs is 1. The van der Waals surface area contributed by atoms with E-state index in [1.165, 1.54) is 29.0 Å². The molecule has 3 N–H and O–H groups in total. The van der Waals surface area contributed by atoms with Crippen LogP contribution in [0.4, 0.5) is 15.9 Å². The van der Waals surface area contributed by atoms with Crippen LogP contribution in [0.2, 0.25) is 0 Å². The molecule has 32 heavy (non-hydrogen) atoms. The summed E-state index contributed by atoms with van der Waals surface area (Å²) in [5.74, 6) is -1.62. The lowest BCUT2D eigenvalue weighted by molar-refractivity contribution is -0.132. The summed E-state index contributed by atoms with van der Waals surface area (Å²) in [6, 6.07) is 6.90. The van der Waals surface area contributed by atoms with E-state index in [1.807, 2.05) is 13.8 Å². The molecule has 0 radical (unpaired) electrons. The number of likely N-dealkylation sites (N-methyl/N-ethyl adjacent to an activating group) is 1. The van der Waals surface area contributed by atoms with Gasteiger partial charge in [-0.15, -0.1) is 0 Å². The molecule has 0 unspecified atom stereocenters. The van der Waals surface area contributed by atoms with Gasteiger partial charge < -0.3 is 19.9 Å². The van der Waals surface area contributed by atoms with Crippen molar-refractivity contribution in [2.75, 3.05) is 17.3 Å². The van der Waals surface area contributed by atoms with Crippen molar-refractivity contribution >= 4 is 35.5 Å². The molecule has 10 heteroatoms. The number of hydrogen-bond donors (Lipinski definition) is 3.